The summed E-state index contributed by atoms with van der Waals surface area (Å²) in [4.78, 5) is 26.0. The number of hydrogen-bond donors (Lipinski definition) is 1. The van der Waals surface area contributed by atoms with Crippen molar-refractivity contribution in [2.75, 3.05) is 19.6 Å². The maximum atomic E-state index is 12.4. The Morgan fingerprint density at radius 1 is 1.39 bits per heavy atom. The van der Waals surface area contributed by atoms with Crippen molar-refractivity contribution in [1.82, 2.24) is 10.2 Å². The number of thiophene rings is 1. The van der Waals surface area contributed by atoms with Crippen molar-refractivity contribution in [3.8, 4) is 0 Å². The normalized spacial score (nSPS) is 17.9. The number of fused-ring (bicyclic) bond motifs is 1. The Morgan fingerprint density at radius 3 is 3.04 bits per heavy atom. The van der Waals surface area contributed by atoms with E-state index in [1.165, 1.54) is 6.08 Å². The zero-order valence-electron chi connectivity index (χ0n) is 13.0. The Balaban J connectivity index is 1.60. The molecule has 1 aliphatic rings. The first-order valence-electron chi connectivity index (χ1n) is 7.85. The van der Waals surface area contributed by atoms with Crippen LogP contribution in [0.5, 0.6) is 0 Å². The average Bonchev–Trinajstić information content (AvgIpc) is 3.03. The third-order valence-electron chi connectivity index (χ3n) is 4.28. The number of carbonyl (C=O) groups excluding carboxylic acids is 2. The van der Waals surface area contributed by atoms with Crippen molar-refractivity contribution < 1.29 is 9.59 Å². The van der Waals surface area contributed by atoms with Crippen molar-refractivity contribution in [2.24, 2.45) is 5.92 Å². The van der Waals surface area contributed by atoms with Crippen molar-refractivity contribution >= 4 is 33.2 Å². The molecule has 1 saturated heterocycles. The second-order valence-corrected chi connectivity index (χ2v) is 6.76. The fourth-order valence-electron chi connectivity index (χ4n) is 3.05. The molecule has 1 atom stereocenters. The smallest absolute Gasteiger partial charge is 0.252 e. The molecule has 0 radical (unpaired) electrons. The second kappa shape index (κ2) is 6.96. The molecule has 4 nitrogen and oxygen atoms in total. The lowest BCUT2D eigenvalue weighted by atomic mass is 9.97. The van der Waals surface area contributed by atoms with E-state index in [0.717, 1.165) is 35.0 Å². The van der Waals surface area contributed by atoms with E-state index in [0.29, 0.717) is 19.0 Å². The van der Waals surface area contributed by atoms with E-state index < -0.39 is 0 Å². The Morgan fingerprint density at radius 2 is 2.22 bits per heavy atom. The summed E-state index contributed by atoms with van der Waals surface area (Å²) in [7, 11) is 0. The summed E-state index contributed by atoms with van der Waals surface area (Å²) in [6.07, 6.45) is 3.37. The van der Waals surface area contributed by atoms with Gasteiger partial charge >= 0.3 is 0 Å². The van der Waals surface area contributed by atoms with Crippen LogP contribution in [0.1, 0.15) is 23.2 Å². The van der Waals surface area contributed by atoms with Gasteiger partial charge in [0.1, 0.15) is 0 Å². The number of nitrogens with zero attached hydrogens (tertiary/aromatic N) is 1. The first-order valence-corrected chi connectivity index (χ1v) is 8.73. The zero-order valence-corrected chi connectivity index (χ0v) is 13.8. The molecule has 0 aliphatic carbocycles. The monoisotopic (exact) mass is 328 g/mol. The lowest BCUT2D eigenvalue weighted by molar-refractivity contribution is -0.127. The summed E-state index contributed by atoms with van der Waals surface area (Å²) in [5.74, 6) is 0.251. The maximum absolute atomic E-state index is 12.4. The van der Waals surface area contributed by atoms with Crippen LogP contribution in [0.25, 0.3) is 10.1 Å². The predicted octanol–water partition coefficient (Wildman–Crippen LogP) is 3.06. The number of amides is 2. The first kappa shape index (κ1) is 15.7. The van der Waals surface area contributed by atoms with Crippen LogP contribution >= 0.6 is 11.3 Å². The van der Waals surface area contributed by atoms with E-state index >= 15 is 0 Å². The third-order valence-corrected chi connectivity index (χ3v) is 5.25. The van der Waals surface area contributed by atoms with E-state index in [1.54, 1.807) is 11.3 Å². The van der Waals surface area contributed by atoms with Gasteiger partial charge in [0.15, 0.2) is 0 Å². The van der Waals surface area contributed by atoms with Gasteiger partial charge in [-0.05, 0) is 30.9 Å². The second-order valence-electron chi connectivity index (χ2n) is 5.85. The minimum atomic E-state index is -0.0328. The predicted molar refractivity (Wildman–Crippen MR) is 93.7 cm³/mol. The molecule has 0 unspecified atom stereocenters. The van der Waals surface area contributed by atoms with Crippen LogP contribution in [0.15, 0.2) is 42.3 Å². The number of piperidine rings is 1. The Hall–Kier alpha value is -2.14. The van der Waals surface area contributed by atoms with E-state index in [-0.39, 0.29) is 11.8 Å². The molecular formula is C18H20N2O2S. The lowest BCUT2D eigenvalue weighted by Gasteiger charge is -2.32. The fraction of sp³-hybridized carbons (Fsp3) is 0.333. The molecular weight excluding hydrogens is 308 g/mol. The molecule has 1 aliphatic heterocycles. The Kier molecular flexibility index (Phi) is 4.76. The maximum Gasteiger partial charge on any atom is 0.252 e. The van der Waals surface area contributed by atoms with Gasteiger partial charge in [-0.15, -0.1) is 11.3 Å². The minimum Gasteiger partial charge on any atom is -0.352 e. The number of benzene rings is 1. The van der Waals surface area contributed by atoms with Gasteiger partial charge in [-0.1, -0.05) is 24.8 Å². The van der Waals surface area contributed by atoms with Crippen LogP contribution in [0.2, 0.25) is 0 Å². The summed E-state index contributed by atoms with van der Waals surface area (Å²) < 4.78 is 1.12. The van der Waals surface area contributed by atoms with Crippen molar-refractivity contribution in [3.05, 3.63) is 47.9 Å². The number of rotatable bonds is 4. The summed E-state index contributed by atoms with van der Waals surface area (Å²) in [5, 5.41) is 5.94. The van der Waals surface area contributed by atoms with E-state index in [9.17, 15) is 9.59 Å². The number of likely N-dealkylation sites (tertiary alicyclic amines) is 1. The zero-order chi connectivity index (χ0) is 16.2. The van der Waals surface area contributed by atoms with Crippen molar-refractivity contribution in [3.63, 3.8) is 0 Å². The van der Waals surface area contributed by atoms with Crippen LogP contribution < -0.4 is 5.32 Å². The standard InChI is InChI=1S/C18H20N2O2S/c1-2-17(21)20-9-5-6-13(11-20)10-19-18(22)15-12-23-16-8-4-3-7-14(15)16/h2-4,7-8,12-13H,1,5-6,9-11H2,(H,19,22)/t13-/m0/s1. The van der Waals surface area contributed by atoms with Gasteiger partial charge in [-0.25, -0.2) is 0 Å². The quantitative estimate of drug-likeness (QED) is 0.877. The first-order chi connectivity index (χ1) is 11.2. The largest absolute Gasteiger partial charge is 0.352 e. The highest BCUT2D eigenvalue weighted by molar-refractivity contribution is 7.17. The van der Waals surface area contributed by atoms with Gasteiger partial charge < -0.3 is 10.2 Å². The van der Waals surface area contributed by atoms with Crippen LogP contribution in [0.3, 0.4) is 0 Å². The Bertz CT molecular complexity index is 737. The summed E-state index contributed by atoms with van der Waals surface area (Å²) >= 11 is 1.59. The highest BCUT2D eigenvalue weighted by atomic mass is 32.1. The molecule has 1 aromatic heterocycles. The SMILES string of the molecule is C=CC(=O)N1CCC[C@@H](CNC(=O)c2csc3ccccc23)C1. The van der Waals surface area contributed by atoms with Crippen LogP contribution in [0.4, 0.5) is 0 Å². The minimum absolute atomic E-state index is 0.0233. The van der Waals surface area contributed by atoms with Gasteiger partial charge in [-0.2, -0.15) is 0 Å². The van der Waals surface area contributed by atoms with Crippen LogP contribution in [0, 0.1) is 5.92 Å². The Labute approximate surface area is 139 Å². The average molecular weight is 328 g/mol. The molecule has 2 heterocycles. The van der Waals surface area contributed by atoms with Gasteiger partial charge in [0.25, 0.3) is 5.91 Å². The molecule has 0 spiro atoms. The molecule has 2 amide bonds. The molecule has 1 fully saturated rings. The van der Waals surface area contributed by atoms with Gasteiger partial charge in [0, 0.05) is 35.1 Å². The molecule has 2 aromatic rings. The molecule has 23 heavy (non-hydrogen) atoms. The molecule has 1 aromatic carbocycles. The summed E-state index contributed by atoms with van der Waals surface area (Å²) in [6, 6.07) is 7.93. The van der Waals surface area contributed by atoms with Crippen LogP contribution in [-0.4, -0.2) is 36.3 Å². The third kappa shape index (κ3) is 3.45. The molecule has 3 rings (SSSR count). The van der Waals surface area contributed by atoms with E-state index in [1.807, 2.05) is 34.5 Å². The summed E-state index contributed by atoms with van der Waals surface area (Å²) in [6.45, 7) is 5.61. The van der Waals surface area contributed by atoms with Crippen molar-refractivity contribution in [2.45, 2.75) is 12.8 Å². The number of carbonyl (C=O) groups is 2. The molecule has 120 valence electrons. The van der Waals surface area contributed by atoms with E-state index in [2.05, 4.69) is 11.9 Å². The molecule has 5 heteroatoms. The lowest BCUT2D eigenvalue weighted by Crippen LogP contribution is -2.43. The fourth-order valence-corrected chi connectivity index (χ4v) is 3.99. The van der Waals surface area contributed by atoms with Crippen molar-refractivity contribution in [1.29, 1.82) is 0 Å². The highest BCUT2D eigenvalue weighted by Crippen LogP contribution is 2.25. The van der Waals surface area contributed by atoms with Crippen LogP contribution in [-0.2, 0) is 4.79 Å². The van der Waals surface area contributed by atoms with Gasteiger partial charge in [0.2, 0.25) is 5.91 Å². The number of nitrogens with one attached hydrogen (secondary N) is 1. The summed E-state index contributed by atoms with van der Waals surface area (Å²) in [5.41, 5.74) is 0.737. The van der Waals surface area contributed by atoms with Gasteiger partial charge in [0.05, 0.1) is 5.56 Å². The topological polar surface area (TPSA) is 49.4 Å². The van der Waals surface area contributed by atoms with Gasteiger partial charge in [-0.3, -0.25) is 9.59 Å². The number of hydrogen-bond acceptors (Lipinski definition) is 3. The van der Waals surface area contributed by atoms with E-state index in [4.69, 9.17) is 0 Å². The molecule has 0 saturated carbocycles. The highest BCUT2D eigenvalue weighted by Gasteiger charge is 2.23. The molecule has 0 bridgehead atoms. The molecule has 1 N–H and O–H groups in total.